The lowest BCUT2D eigenvalue weighted by molar-refractivity contribution is -0.129. The van der Waals surface area contributed by atoms with Crippen LogP contribution in [0.5, 0.6) is 0 Å². The summed E-state index contributed by atoms with van der Waals surface area (Å²) in [5.41, 5.74) is 4.05. The quantitative estimate of drug-likeness (QED) is 0.786. The molecule has 0 saturated carbocycles. The first kappa shape index (κ1) is 16.5. The molecule has 26 heavy (non-hydrogen) atoms. The van der Waals surface area contributed by atoms with Crippen LogP contribution in [0.2, 0.25) is 0 Å². The summed E-state index contributed by atoms with van der Waals surface area (Å²) in [6.45, 7) is 4.02. The van der Waals surface area contributed by atoms with Crippen LogP contribution in [0.4, 0.5) is 0 Å². The van der Waals surface area contributed by atoms with Gasteiger partial charge in [0.05, 0.1) is 6.54 Å². The minimum Gasteiger partial charge on any atom is -0.359 e. The van der Waals surface area contributed by atoms with Gasteiger partial charge in [0, 0.05) is 24.7 Å². The van der Waals surface area contributed by atoms with Crippen molar-refractivity contribution in [3.8, 4) is 11.3 Å². The summed E-state index contributed by atoms with van der Waals surface area (Å²) in [6, 6.07) is 19.7. The number of rotatable bonds is 4. The van der Waals surface area contributed by atoms with Crippen molar-refractivity contribution < 1.29 is 9.32 Å². The number of carbonyl (C=O) groups is 1. The Kier molecular flexibility index (Phi) is 4.54. The normalized spacial score (nSPS) is 17.9. The second-order valence-corrected chi connectivity index (χ2v) is 6.62. The molecule has 1 aliphatic heterocycles. The van der Waals surface area contributed by atoms with Gasteiger partial charge in [-0.15, -0.1) is 0 Å². The zero-order chi connectivity index (χ0) is 17.9. The minimum atomic E-state index is -0.308. The van der Waals surface area contributed by atoms with Crippen LogP contribution < -0.4 is 5.32 Å². The standard InChI is InChI=1S/C21H21N3O2/c1-15-7-9-16(10-8-15)19-13-18(26-23-19)14-24-12-11-22-21(25)20(24)17-5-3-2-4-6-17/h2-10,13,20H,11-12,14H2,1H3,(H,22,25). The van der Waals surface area contributed by atoms with Crippen LogP contribution >= 0.6 is 0 Å². The molecule has 3 aromatic rings. The number of nitrogens with zero attached hydrogens (tertiary/aromatic N) is 2. The van der Waals surface area contributed by atoms with Crippen LogP contribution in [0.1, 0.15) is 22.9 Å². The molecule has 2 heterocycles. The van der Waals surface area contributed by atoms with E-state index in [1.54, 1.807) is 0 Å². The first-order valence-electron chi connectivity index (χ1n) is 8.80. The number of benzene rings is 2. The van der Waals surface area contributed by atoms with Crippen LogP contribution in [0.3, 0.4) is 0 Å². The monoisotopic (exact) mass is 347 g/mol. The fraction of sp³-hybridized carbons (Fsp3) is 0.238. The molecule has 1 atom stereocenters. The fourth-order valence-electron chi connectivity index (χ4n) is 3.33. The Labute approximate surface area is 152 Å². The van der Waals surface area contributed by atoms with Gasteiger partial charge in [-0.05, 0) is 12.5 Å². The number of carbonyl (C=O) groups excluding carboxylic acids is 1. The molecule has 132 valence electrons. The molecule has 0 aliphatic carbocycles. The average Bonchev–Trinajstić information content (AvgIpc) is 3.12. The molecule has 1 amide bonds. The molecule has 2 aromatic carbocycles. The molecule has 1 unspecified atom stereocenters. The van der Waals surface area contributed by atoms with Gasteiger partial charge in [-0.25, -0.2) is 0 Å². The second-order valence-electron chi connectivity index (χ2n) is 6.62. The van der Waals surface area contributed by atoms with Crippen molar-refractivity contribution in [2.45, 2.75) is 19.5 Å². The van der Waals surface area contributed by atoms with Crippen LogP contribution in [-0.2, 0) is 11.3 Å². The number of piperazine rings is 1. The Bertz CT molecular complexity index is 887. The van der Waals surface area contributed by atoms with E-state index in [0.717, 1.165) is 29.1 Å². The fourth-order valence-corrected chi connectivity index (χ4v) is 3.33. The van der Waals surface area contributed by atoms with Gasteiger partial charge in [0.1, 0.15) is 11.7 Å². The third-order valence-electron chi connectivity index (χ3n) is 4.69. The highest BCUT2D eigenvalue weighted by Crippen LogP contribution is 2.26. The Balaban J connectivity index is 1.55. The summed E-state index contributed by atoms with van der Waals surface area (Å²) >= 11 is 0. The van der Waals surface area contributed by atoms with Crippen molar-refractivity contribution in [1.29, 1.82) is 0 Å². The number of aromatic nitrogens is 1. The lowest BCUT2D eigenvalue weighted by Crippen LogP contribution is -2.49. The van der Waals surface area contributed by atoms with E-state index in [1.165, 1.54) is 5.56 Å². The van der Waals surface area contributed by atoms with Crippen molar-refractivity contribution in [3.63, 3.8) is 0 Å². The molecular weight excluding hydrogens is 326 g/mol. The topological polar surface area (TPSA) is 58.4 Å². The van der Waals surface area contributed by atoms with Gasteiger partial charge in [-0.1, -0.05) is 65.3 Å². The highest BCUT2D eigenvalue weighted by molar-refractivity contribution is 5.83. The molecule has 1 N–H and O–H groups in total. The van der Waals surface area contributed by atoms with Gasteiger partial charge in [0.25, 0.3) is 0 Å². The predicted octanol–water partition coefficient (Wildman–Crippen LogP) is 3.32. The average molecular weight is 347 g/mol. The van der Waals surface area contributed by atoms with Crippen LogP contribution in [0.25, 0.3) is 11.3 Å². The summed E-state index contributed by atoms with van der Waals surface area (Å²) in [5, 5.41) is 7.15. The van der Waals surface area contributed by atoms with Crippen LogP contribution in [-0.4, -0.2) is 29.1 Å². The number of hydrogen-bond donors (Lipinski definition) is 1. The summed E-state index contributed by atoms with van der Waals surface area (Å²) in [5.74, 6) is 0.789. The van der Waals surface area contributed by atoms with Gasteiger partial charge in [-0.2, -0.15) is 0 Å². The molecule has 1 fully saturated rings. The van der Waals surface area contributed by atoms with E-state index in [-0.39, 0.29) is 11.9 Å². The van der Waals surface area contributed by atoms with Crippen molar-refractivity contribution in [2.75, 3.05) is 13.1 Å². The lowest BCUT2D eigenvalue weighted by Gasteiger charge is -2.34. The zero-order valence-electron chi connectivity index (χ0n) is 14.7. The Morgan fingerprint density at radius 1 is 1.15 bits per heavy atom. The van der Waals surface area contributed by atoms with Gasteiger partial charge in [-0.3, -0.25) is 9.69 Å². The molecule has 5 heteroatoms. The van der Waals surface area contributed by atoms with E-state index in [9.17, 15) is 4.79 Å². The number of aryl methyl sites for hydroxylation is 1. The van der Waals surface area contributed by atoms with E-state index in [1.807, 2.05) is 48.5 Å². The van der Waals surface area contributed by atoms with E-state index in [0.29, 0.717) is 13.1 Å². The van der Waals surface area contributed by atoms with E-state index < -0.39 is 0 Å². The Morgan fingerprint density at radius 3 is 2.69 bits per heavy atom. The minimum absolute atomic E-state index is 0.0284. The Morgan fingerprint density at radius 2 is 1.92 bits per heavy atom. The Hall–Kier alpha value is -2.92. The zero-order valence-corrected chi connectivity index (χ0v) is 14.7. The summed E-state index contributed by atoms with van der Waals surface area (Å²) in [6.07, 6.45) is 0. The van der Waals surface area contributed by atoms with Crippen LogP contribution in [0, 0.1) is 6.92 Å². The van der Waals surface area contributed by atoms with Crippen molar-refractivity contribution in [1.82, 2.24) is 15.4 Å². The first-order valence-corrected chi connectivity index (χ1v) is 8.80. The summed E-state index contributed by atoms with van der Waals surface area (Å²) in [7, 11) is 0. The molecule has 1 aliphatic rings. The lowest BCUT2D eigenvalue weighted by atomic mass is 10.0. The van der Waals surface area contributed by atoms with E-state index in [4.69, 9.17) is 4.52 Å². The van der Waals surface area contributed by atoms with Crippen molar-refractivity contribution in [3.05, 3.63) is 77.6 Å². The van der Waals surface area contributed by atoms with Crippen LogP contribution in [0.15, 0.2) is 65.2 Å². The number of amides is 1. The van der Waals surface area contributed by atoms with Crippen molar-refractivity contribution in [2.24, 2.45) is 0 Å². The largest absolute Gasteiger partial charge is 0.359 e. The third-order valence-corrected chi connectivity index (χ3v) is 4.69. The van der Waals surface area contributed by atoms with Gasteiger partial charge >= 0.3 is 0 Å². The third kappa shape index (κ3) is 3.39. The van der Waals surface area contributed by atoms with Gasteiger partial charge in [0.15, 0.2) is 5.76 Å². The molecule has 5 nitrogen and oxygen atoms in total. The first-order chi connectivity index (χ1) is 12.7. The second kappa shape index (κ2) is 7.14. The molecule has 1 aromatic heterocycles. The molecule has 0 bridgehead atoms. The van der Waals surface area contributed by atoms with E-state index >= 15 is 0 Å². The summed E-state index contributed by atoms with van der Waals surface area (Å²) in [4.78, 5) is 14.6. The molecular formula is C21H21N3O2. The SMILES string of the molecule is Cc1ccc(-c2cc(CN3CCNC(=O)C3c3ccccc3)on2)cc1. The maximum atomic E-state index is 12.5. The maximum absolute atomic E-state index is 12.5. The maximum Gasteiger partial charge on any atom is 0.242 e. The summed E-state index contributed by atoms with van der Waals surface area (Å²) < 4.78 is 5.55. The highest BCUT2D eigenvalue weighted by atomic mass is 16.5. The highest BCUT2D eigenvalue weighted by Gasteiger charge is 2.31. The predicted molar refractivity (Wildman–Crippen MR) is 99.3 cm³/mol. The molecule has 0 spiro atoms. The molecule has 4 rings (SSSR count). The van der Waals surface area contributed by atoms with E-state index in [2.05, 4.69) is 34.4 Å². The molecule has 1 saturated heterocycles. The molecule has 0 radical (unpaired) electrons. The van der Waals surface area contributed by atoms with Gasteiger partial charge in [0.2, 0.25) is 5.91 Å². The number of nitrogens with one attached hydrogen (secondary N) is 1. The van der Waals surface area contributed by atoms with Crippen molar-refractivity contribution >= 4 is 5.91 Å². The number of hydrogen-bond acceptors (Lipinski definition) is 4. The smallest absolute Gasteiger partial charge is 0.242 e. The van der Waals surface area contributed by atoms with Gasteiger partial charge < -0.3 is 9.84 Å².